The second kappa shape index (κ2) is 6.75. The molecule has 22 heavy (non-hydrogen) atoms. The van der Waals surface area contributed by atoms with Gasteiger partial charge in [0.2, 0.25) is 0 Å². The van der Waals surface area contributed by atoms with Crippen molar-refractivity contribution in [3.8, 4) is 0 Å². The van der Waals surface area contributed by atoms with Gasteiger partial charge in [0.15, 0.2) is 5.65 Å². The molecule has 1 saturated heterocycles. The van der Waals surface area contributed by atoms with Crippen molar-refractivity contribution in [2.24, 2.45) is 5.92 Å². The lowest BCUT2D eigenvalue weighted by Crippen LogP contribution is -2.40. The van der Waals surface area contributed by atoms with Gasteiger partial charge in [-0.2, -0.15) is 0 Å². The van der Waals surface area contributed by atoms with E-state index in [1.165, 1.54) is 19.4 Å². The van der Waals surface area contributed by atoms with Gasteiger partial charge < -0.3 is 14.6 Å². The summed E-state index contributed by atoms with van der Waals surface area (Å²) in [6, 6.07) is 4.53. The first-order chi connectivity index (χ1) is 10.7. The molecule has 120 valence electrons. The molecule has 3 heterocycles. The minimum atomic E-state index is 0.123. The van der Waals surface area contributed by atoms with E-state index in [0.29, 0.717) is 18.5 Å². The van der Waals surface area contributed by atoms with Crippen LogP contribution in [0, 0.1) is 5.92 Å². The second-order valence-corrected chi connectivity index (χ2v) is 6.55. The summed E-state index contributed by atoms with van der Waals surface area (Å²) in [4.78, 5) is 11.8. The van der Waals surface area contributed by atoms with Crippen molar-refractivity contribution in [3.63, 3.8) is 0 Å². The molecule has 5 heteroatoms. The van der Waals surface area contributed by atoms with Crippen LogP contribution in [0.15, 0.2) is 18.3 Å². The lowest BCUT2D eigenvalue weighted by Gasteiger charge is -2.35. The van der Waals surface area contributed by atoms with Gasteiger partial charge in [0.05, 0.1) is 6.61 Å². The van der Waals surface area contributed by atoms with Crippen LogP contribution in [-0.2, 0) is 13.0 Å². The zero-order chi connectivity index (χ0) is 15.5. The molecule has 0 aromatic carbocycles. The zero-order valence-corrected chi connectivity index (χ0v) is 13.6. The number of hydrogen-bond acceptors (Lipinski definition) is 4. The number of imidazole rings is 1. The third-order valence-electron chi connectivity index (χ3n) is 4.66. The maximum absolute atomic E-state index is 9.36. The fraction of sp³-hybridized carbons (Fsp3) is 0.647. The summed E-state index contributed by atoms with van der Waals surface area (Å²) in [6.07, 6.45) is 5.29. The first kappa shape index (κ1) is 15.4. The number of nitrogens with zero attached hydrogens (tertiary/aromatic N) is 4. The Labute approximate surface area is 132 Å². The highest BCUT2D eigenvalue weighted by atomic mass is 16.3. The first-order valence-electron chi connectivity index (χ1n) is 8.34. The standard InChI is InChI=1S/C17H26N4O/c1-13(2)20-8-4-5-14(12-20)11-16-19-15-6-3-7-18-17(15)21(16)9-10-22/h3,6-7,13-14,22H,4-5,8-12H2,1-2H3. The average Bonchev–Trinajstić information content (AvgIpc) is 2.86. The largest absolute Gasteiger partial charge is 0.395 e. The third-order valence-corrected chi connectivity index (χ3v) is 4.66. The smallest absolute Gasteiger partial charge is 0.160 e. The van der Waals surface area contributed by atoms with Gasteiger partial charge in [-0.15, -0.1) is 0 Å². The summed E-state index contributed by atoms with van der Waals surface area (Å²) in [5.74, 6) is 1.71. The predicted molar refractivity (Wildman–Crippen MR) is 87.8 cm³/mol. The van der Waals surface area contributed by atoms with Crippen LogP contribution in [0.3, 0.4) is 0 Å². The van der Waals surface area contributed by atoms with Crippen molar-refractivity contribution >= 4 is 11.2 Å². The van der Waals surface area contributed by atoms with Gasteiger partial charge in [-0.1, -0.05) is 0 Å². The summed E-state index contributed by atoms with van der Waals surface area (Å²) in [5, 5.41) is 9.36. The molecule has 0 radical (unpaired) electrons. The van der Waals surface area contributed by atoms with Crippen LogP contribution in [0.2, 0.25) is 0 Å². The van der Waals surface area contributed by atoms with Crippen molar-refractivity contribution in [1.29, 1.82) is 0 Å². The Hall–Kier alpha value is -1.46. The topological polar surface area (TPSA) is 54.2 Å². The average molecular weight is 302 g/mol. The van der Waals surface area contributed by atoms with E-state index in [-0.39, 0.29) is 6.61 Å². The number of fused-ring (bicyclic) bond motifs is 1. The van der Waals surface area contributed by atoms with Gasteiger partial charge in [-0.3, -0.25) is 0 Å². The summed E-state index contributed by atoms with van der Waals surface area (Å²) in [7, 11) is 0. The Kier molecular flexibility index (Phi) is 4.74. The van der Waals surface area contributed by atoms with E-state index < -0.39 is 0 Å². The molecule has 2 aromatic rings. The maximum Gasteiger partial charge on any atom is 0.160 e. The molecular weight excluding hydrogens is 276 g/mol. The van der Waals surface area contributed by atoms with Crippen molar-refractivity contribution in [2.75, 3.05) is 19.7 Å². The van der Waals surface area contributed by atoms with Crippen molar-refractivity contribution in [1.82, 2.24) is 19.4 Å². The summed E-state index contributed by atoms with van der Waals surface area (Å²) in [5.41, 5.74) is 1.82. The van der Waals surface area contributed by atoms with E-state index >= 15 is 0 Å². The van der Waals surface area contributed by atoms with Crippen molar-refractivity contribution in [2.45, 2.75) is 45.7 Å². The number of aliphatic hydroxyl groups is 1. The number of hydrogen-bond donors (Lipinski definition) is 1. The SMILES string of the molecule is CC(C)N1CCCC(Cc2nc3cccnc3n2CCO)C1. The van der Waals surface area contributed by atoms with Crippen LogP contribution in [0.5, 0.6) is 0 Å². The molecule has 0 saturated carbocycles. The number of rotatable bonds is 5. The fourth-order valence-corrected chi connectivity index (χ4v) is 3.49. The van der Waals surface area contributed by atoms with E-state index in [1.807, 2.05) is 12.1 Å². The monoisotopic (exact) mass is 302 g/mol. The minimum absolute atomic E-state index is 0.123. The van der Waals surface area contributed by atoms with Crippen LogP contribution < -0.4 is 0 Å². The van der Waals surface area contributed by atoms with Crippen LogP contribution in [-0.4, -0.2) is 50.3 Å². The first-order valence-corrected chi connectivity index (χ1v) is 8.34. The zero-order valence-electron chi connectivity index (χ0n) is 13.6. The number of pyridine rings is 1. The lowest BCUT2D eigenvalue weighted by molar-refractivity contribution is 0.138. The van der Waals surface area contributed by atoms with Gasteiger partial charge in [-0.05, 0) is 51.3 Å². The highest BCUT2D eigenvalue weighted by Gasteiger charge is 2.24. The van der Waals surface area contributed by atoms with Gasteiger partial charge in [0.25, 0.3) is 0 Å². The quantitative estimate of drug-likeness (QED) is 0.919. The molecule has 0 spiro atoms. The normalized spacial score (nSPS) is 20.1. The number of likely N-dealkylation sites (tertiary alicyclic amines) is 1. The summed E-state index contributed by atoms with van der Waals surface area (Å²) in [6.45, 7) is 7.60. The van der Waals surface area contributed by atoms with Crippen LogP contribution in [0.25, 0.3) is 11.2 Å². The highest BCUT2D eigenvalue weighted by Crippen LogP contribution is 2.23. The van der Waals surface area contributed by atoms with Gasteiger partial charge in [0, 0.05) is 31.7 Å². The lowest BCUT2D eigenvalue weighted by atomic mass is 9.93. The molecule has 2 aromatic heterocycles. The Balaban J connectivity index is 1.82. The van der Waals surface area contributed by atoms with Gasteiger partial charge >= 0.3 is 0 Å². The molecule has 5 nitrogen and oxygen atoms in total. The van der Waals surface area contributed by atoms with E-state index in [2.05, 4.69) is 28.3 Å². The molecule has 1 aliphatic rings. The second-order valence-electron chi connectivity index (χ2n) is 6.55. The third kappa shape index (κ3) is 3.15. The Morgan fingerprint density at radius 2 is 2.27 bits per heavy atom. The number of aliphatic hydroxyl groups excluding tert-OH is 1. The van der Waals surface area contributed by atoms with Crippen LogP contribution in [0.1, 0.15) is 32.5 Å². The Morgan fingerprint density at radius 3 is 3.05 bits per heavy atom. The molecule has 0 bridgehead atoms. The molecular formula is C17H26N4O. The van der Waals surface area contributed by atoms with Crippen LogP contribution >= 0.6 is 0 Å². The van der Waals surface area contributed by atoms with Crippen molar-refractivity contribution in [3.05, 3.63) is 24.2 Å². The Bertz CT molecular complexity index is 622. The van der Waals surface area contributed by atoms with E-state index in [9.17, 15) is 5.11 Å². The van der Waals surface area contributed by atoms with Gasteiger partial charge in [0.1, 0.15) is 11.3 Å². The molecule has 3 rings (SSSR count). The molecule has 0 aliphatic carbocycles. The van der Waals surface area contributed by atoms with Crippen molar-refractivity contribution < 1.29 is 5.11 Å². The molecule has 1 unspecified atom stereocenters. The van der Waals surface area contributed by atoms with Crippen LogP contribution in [0.4, 0.5) is 0 Å². The maximum atomic E-state index is 9.36. The molecule has 0 amide bonds. The molecule has 1 fully saturated rings. The summed E-state index contributed by atoms with van der Waals surface area (Å²) >= 11 is 0. The predicted octanol–water partition coefficient (Wildman–Crippen LogP) is 2.09. The fourth-order valence-electron chi connectivity index (χ4n) is 3.49. The van der Waals surface area contributed by atoms with Gasteiger partial charge in [-0.25, -0.2) is 9.97 Å². The molecule has 1 atom stereocenters. The van der Waals surface area contributed by atoms with E-state index in [0.717, 1.165) is 30.0 Å². The highest BCUT2D eigenvalue weighted by molar-refractivity contribution is 5.71. The van der Waals surface area contributed by atoms with E-state index in [4.69, 9.17) is 4.98 Å². The number of aromatic nitrogens is 3. The van der Waals surface area contributed by atoms with E-state index in [1.54, 1.807) is 6.20 Å². The molecule has 1 aliphatic heterocycles. The Morgan fingerprint density at radius 1 is 1.41 bits per heavy atom. The number of piperidine rings is 1. The molecule has 1 N–H and O–H groups in total. The summed E-state index contributed by atoms with van der Waals surface area (Å²) < 4.78 is 2.09. The minimum Gasteiger partial charge on any atom is -0.395 e.